The van der Waals surface area contributed by atoms with Gasteiger partial charge in [0.15, 0.2) is 0 Å². The quantitative estimate of drug-likeness (QED) is 0.887. The van der Waals surface area contributed by atoms with E-state index in [2.05, 4.69) is 10.6 Å². The lowest BCUT2D eigenvalue weighted by molar-refractivity contribution is -0.125. The lowest BCUT2D eigenvalue weighted by Gasteiger charge is -2.27. The predicted molar refractivity (Wildman–Crippen MR) is 80.4 cm³/mol. The zero-order valence-corrected chi connectivity index (χ0v) is 12.9. The highest BCUT2D eigenvalue weighted by atomic mass is 16.2. The maximum atomic E-state index is 12.2. The van der Waals surface area contributed by atoms with Crippen molar-refractivity contribution in [1.29, 1.82) is 0 Å². The summed E-state index contributed by atoms with van der Waals surface area (Å²) < 4.78 is 0. The van der Waals surface area contributed by atoms with E-state index in [1.54, 1.807) is 24.3 Å². The number of benzene rings is 1. The summed E-state index contributed by atoms with van der Waals surface area (Å²) in [7, 11) is 0. The minimum atomic E-state index is -0.540. The average Bonchev–Trinajstić information content (AvgIpc) is 2.34. The van der Waals surface area contributed by atoms with Crippen molar-refractivity contribution in [3.63, 3.8) is 0 Å². The van der Waals surface area contributed by atoms with Crippen LogP contribution in [0.2, 0.25) is 0 Å². The summed E-state index contributed by atoms with van der Waals surface area (Å²) >= 11 is 0. The van der Waals surface area contributed by atoms with Gasteiger partial charge < -0.3 is 10.6 Å². The first-order chi connectivity index (χ1) is 9.20. The van der Waals surface area contributed by atoms with Crippen LogP contribution in [0.25, 0.3) is 0 Å². The molecular weight excluding hydrogens is 252 g/mol. The molecule has 0 unspecified atom stereocenters. The molecule has 4 heteroatoms. The van der Waals surface area contributed by atoms with Gasteiger partial charge in [-0.1, -0.05) is 32.0 Å². The van der Waals surface area contributed by atoms with Gasteiger partial charge in [0.05, 0.1) is 0 Å². The first-order valence-corrected chi connectivity index (χ1v) is 6.88. The van der Waals surface area contributed by atoms with Crippen LogP contribution in [0.15, 0.2) is 30.3 Å². The van der Waals surface area contributed by atoms with Crippen molar-refractivity contribution in [2.45, 2.75) is 46.2 Å². The van der Waals surface area contributed by atoms with E-state index in [9.17, 15) is 9.59 Å². The molecule has 1 aromatic carbocycles. The van der Waals surface area contributed by atoms with Crippen LogP contribution in [0.5, 0.6) is 0 Å². The summed E-state index contributed by atoms with van der Waals surface area (Å²) in [6.45, 7) is 9.58. The van der Waals surface area contributed by atoms with Crippen LogP contribution in [0.3, 0.4) is 0 Å². The smallest absolute Gasteiger partial charge is 0.251 e. The molecule has 1 rings (SSSR count). The van der Waals surface area contributed by atoms with Gasteiger partial charge in [0.25, 0.3) is 5.91 Å². The Kier molecular flexibility index (Phi) is 5.31. The fourth-order valence-electron chi connectivity index (χ4n) is 1.80. The van der Waals surface area contributed by atoms with Crippen LogP contribution in [-0.4, -0.2) is 23.4 Å². The highest BCUT2D eigenvalue weighted by molar-refractivity contribution is 5.97. The summed E-state index contributed by atoms with van der Waals surface area (Å²) in [5, 5.41) is 5.71. The van der Waals surface area contributed by atoms with Crippen molar-refractivity contribution in [3.05, 3.63) is 35.9 Å². The maximum absolute atomic E-state index is 12.2. The van der Waals surface area contributed by atoms with Gasteiger partial charge in [0.2, 0.25) is 5.91 Å². The van der Waals surface area contributed by atoms with Crippen LogP contribution >= 0.6 is 0 Å². The molecule has 1 aromatic rings. The molecular formula is C16H24N2O2. The molecule has 20 heavy (non-hydrogen) atoms. The standard InChI is InChI=1S/C16H24N2O2/c1-11(2)13(15(20)18-16(3,4)5)17-14(19)12-9-7-6-8-10-12/h6-11,13H,1-5H3,(H,17,19)(H,18,20)/t13-/m0/s1. The van der Waals surface area contributed by atoms with Gasteiger partial charge in [-0.05, 0) is 38.8 Å². The van der Waals surface area contributed by atoms with E-state index in [0.717, 1.165) is 0 Å². The van der Waals surface area contributed by atoms with E-state index in [4.69, 9.17) is 0 Å². The van der Waals surface area contributed by atoms with E-state index in [-0.39, 0.29) is 23.3 Å². The second-order valence-electron chi connectivity index (χ2n) is 6.30. The molecule has 2 amide bonds. The number of nitrogens with one attached hydrogen (secondary N) is 2. The first kappa shape index (κ1) is 16.2. The number of amides is 2. The Bertz CT molecular complexity index is 461. The Morgan fingerprint density at radius 3 is 2.05 bits per heavy atom. The highest BCUT2D eigenvalue weighted by Crippen LogP contribution is 2.08. The Morgan fingerprint density at radius 2 is 1.60 bits per heavy atom. The summed E-state index contributed by atoms with van der Waals surface area (Å²) in [6, 6.07) is 8.37. The maximum Gasteiger partial charge on any atom is 0.251 e. The summed E-state index contributed by atoms with van der Waals surface area (Å²) in [5.74, 6) is -0.366. The van der Waals surface area contributed by atoms with E-state index in [1.807, 2.05) is 40.7 Å². The van der Waals surface area contributed by atoms with Crippen molar-refractivity contribution < 1.29 is 9.59 Å². The fourth-order valence-corrected chi connectivity index (χ4v) is 1.80. The largest absolute Gasteiger partial charge is 0.350 e. The number of carbonyl (C=O) groups excluding carboxylic acids is 2. The molecule has 2 N–H and O–H groups in total. The van der Waals surface area contributed by atoms with Gasteiger partial charge in [0, 0.05) is 11.1 Å². The third kappa shape index (κ3) is 5.03. The van der Waals surface area contributed by atoms with Gasteiger partial charge in [0.1, 0.15) is 6.04 Å². The third-order valence-corrected chi connectivity index (χ3v) is 2.77. The molecule has 1 atom stereocenters. The number of hydrogen-bond donors (Lipinski definition) is 2. The topological polar surface area (TPSA) is 58.2 Å². The molecule has 0 fully saturated rings. The third-order valence-electron chi connectivity index (χ3n) is 2.77. The average molecular weight is 276 g/mol. The van der Waals surface area contributed by atoms with Crippen molar-refractivity contribution in [2.75, 3.05) is 0 Å². The fraction of sp³-hybridized carbons (Fsp3) is 0.500. The molecule has 0 aliphatic heterocycles. The molecule has 0 radical (unpaired) electrons. The monoisotopic (exact) mass is 276 g/mol. The van der Waals surface area contributed by atoms with Gasteiger partial charge in [-0.3, -0.25) is 9.59 Å². The molecule has 0 aliphatic carbocycles. The van der Waals surface area contributed by atoms with E-state index in [1.165, 1.54) is 0 Å². The molecule has 110 valence electrons. The molecule has 0 bridgehead atoms. The second-order valence-corrected chi connectivity index (χ2v) is 6.30. The molecule has 0 saturated heterocycles. The minimum Gasteiger partial charge on any atom is -0.350 e. The van der Waals surface area contributed by atoms with Crippen molar-refractivity contribution >= 4 is 11.8 Å². The lowest BCUT2D eigenvalue weighted by Crippen LogP contribution is -2.54. The normalized spacial score (nSPS) is 12.9. The van der Waals surface area contributed by atoms with Gasteiger partial charge in [-0.25, -0.2) is 0 Å². The zero-order valence-electron chi connectivity index (χ0n) is 12.9. The summed E-state index contributed by atoms with van der Waals surface area (Å²) in [4.78, 5) is 24.4. The van der Waals surface area contributed by atoms with Crippen molar-refractivity contribution in [3.8, 4) is 0 Å². The molecule has 0 spiro atoms. The Labute approximate surface area is 121 Å². The van der Waals surface area contributed by atoms with Gasteiger partial charge in [-0.2, -0.15) is 0 Å². The molecule has 0 heterocycles. The Balaban J connectivity index is 2.78. The van der Waals surface area contributed by atoms with Crippen LogP contribution in [-0.2, 0) is 4.79 Å². The molecule has 4 nitrogen and oxygen atoms in total. The van der Waals surface area contributed by atoms with Crippen LogP contribution in [0, 0.1) is 5.92 Å². The lowest BCUT2D eigenvalue weighted by atomic mass is 10.0. The second kappa shape index (κ2) is 6.55. The number of hydrogen-bond acceptors (Lipinski definition) is 2. The Hall–Kier alpha value is -1.84. The SMILES string of the molecule is CC(C)[C@H](NC(=O)c1ccccc1)C(=O)NC(C)(C)C. The van der Waals surface area contributed by atoms with Gasteiger partial charge in [-0.15, -0.1) is 0 Å². The van der Waals surface area contributed by atoms with Crippen LogP contribution in [0.1, 0.15) is 45.0 Å². The van der Waals surface area contributed by atoms with Crippen molar-refractivity contribution in [1.82, 2.24) is 10.6 Å². The van der Waals surface area contributed by atoms with E-state index in [0.29, 0.717) is 5.56 Å². The predicted octanol–water partition coefficient (Wildman–Crippen LogP) is 2.36. The zero-order chi connectivity index (χ0) is 15.3. The Morgan fingerprint density at radius 1 is 1.05 bits per heavy atom. The van der Waals surface area contributed by atoms with E-state index >= 15 is 0 Å². The minimum absolute atomic E-state index is 0.0185. The highest BCUT2D eigenvalue weighted by Gasteiger charge is 2.27. The summed E-state index contributed by atoms with van der Waals surface area (Å²) in [5.41, 5.74) is 0.239. The molecule has 0 aliphatic rings. The number of rotatable bonds is 4. The van der Waals surface area contributed by atoms with Crippen molar-refractivity contribution in [2.24, 2.45) is 5.92 Å². The first-order valence-electron chi connectivity index (χ1n) is 6.88. The summed E-state index contributed by atoms with van der Waals surface area (Å²) in [6.07, 6.45) is 0. The van der Waals surface area contributed by atoms with Crippen LogP contribution < -0.4 is 10.6 Å². The van der Waals surface area contributed by atoms with Gasteiger partial charge >= 0.3 is 0 Å². The molecule has 0 aromatic heterocycles. The molecule has 0 saturated carbocycles. The number of carbonyl (C=O) groups is 2. The van der Waals surface area contributed by atoms with E-state index < -0.39 is 6.04 Å². The van der Waals surface area contributed by atoms with Crippen LogP contribution in [0.4, 0.5) is 0 Å².